The van der Waals surface area contributed by atoms with E-state index in [1.54, 1.807) is 22.8 Å². The Morgan fingerprint density at radius 3 is 2.86 bits per heavy atom. The summed E-state index contributed by atoms with van der Waals surface area (Å²) in [5.74, 6) is -0.100. The second-order valence-corrected chi connectivity index (χ2v) is 5.48. The van der Waals surface area contributed by atoms with Crippen molar-refractivity contribution >= 4 is 5.91 Å². The molecular weight excluding hydrogens is 266 g/mol. The number of aryl methyl sites for hydroxylation is 1. The van der Waals surface area contributed by atoms with Crippen molar-refractivity contribution in [2.75, 3.05) is 20.1 Å². The molecule has 3 rings (SSSR count). The Morgan fingerprint density at radius 1 is 1.43 bits per heavy atom. The van der Waals surface area contributed by atoms with Crippen molar-refractivity contribution in [3.05, 3.63) is 47.3 Å². The number of hydrogen-bond acceptors (Lipinski definition) is 4. The van der Waals surface area contributed by atoms with Crippen molar-refractivity contribution in [3.63, 3.8) is 0 Å². The molecule has 0 aliphatic carbocycles. The van der Waals surface area contributed by atoms with Crippen LogP contribution in [0, 0.1) is 6.92 Å². The van der Waals surface area contributed by atoms with Gasteiger partial charge in [-0.15, -0.1) is 5.10 Å². The number of nitrogens with one attached hydrogen (secondary N) is 1. The van der Waals surface area contributed by atoms with E-state index in [4.69, 9.17) is 0 Å². The highest BCUT2D eigenvalue weighted by molar-refractivity contribution is 5.91. The van der Waals surface area contributed by atoms with E-state index in [1.807, 2.05) is 31.2 Å². The van der Waals surface area contributed by atoms with E-state index in [-0.39, 0.29) is 5.91 Å². The molecule has 1 aliphatic rings. The molecule has 1 fully saturated rings. The SMILES string of the molecule is Cc1ccccc1CN(C)C(=O)c1cn(C2CNC2)nn1. The van der Waals surface area contributed by atoms with Crippen LogP contribution >= 0.6 is 0 Å². The molecule has 110 valence electrons. The van der Waals surface area contributed by atoms with Crippen LogP contribution in [0.3, 0.4) is 0 Å². The van der Waals surface area contributed by atoms with Gasteiger partial charge in [0.1, 0.15) is 0 Å². The topological polar surface area (TPSA) is 63.1 Å². The average molecular weight is 285 g/mol. The zero-order valence-corrected chi connectivity index (χ0v) is 12.3. The fraction of sp³-hybridized carbons (Fsp3) is 0.400. The van der Waals surface area contributed by atoms with Crippen LogP contribution in [0.4, 0.5) is 0 Å². The lowest BCUT2D eigenvalue weighted by molar-refractivity contribution is 0.0779. The van der Waals surface area contributed by atoms with Gasteiger partial charge in [0.05, 0.1) is 12.2 Å². The maximum absolute atomic E-state index is 12.4. The Morgan fingerprint density at radius 2 is 2.19 bits per heavy atom. The Hall–Kier alpha value is -2.21. The molecule has 1 aromatic carbocycles. The molecule has 1 aromatic heterocycles. The fourth-order valence-electron chi connectivity index (χ4n) is 2.32. The molecule has 1 aliphatic heterocycles. The molecule has 1 N–H and O–H groups in total. The Bertz CT molecular complexity index is 647. The van der Waals surface area contributed by atoms with Gasteiger partial charge in [-0.2, -0.15) is 0 Å². The summed E-state index contributed by atoms with van der Waals surface area (Å²) in [6.45, 7) is 4.39. The molecule has 6 heteroatoms. The molecule has 21 heavy (non-hydrogen) atoms. The predicted octanol–water partition coefficient (Wildman–Crippen LogP) is 1.00. The van der Waals surface area contributed by atoms with Crippen molar-refractivity contribution in [2.45, 2.75) is 19.5 Å². The standard InChI is InChI=1S/C15H19N5O/c1-11-5-3-4-6-12(11)9-19(2)15(21)14-10-20(18-17-14)13-7-16-8-13/h3-6,10,13,16H,7-9H2,1-2H3. The van der Waals surface area contributed by atoms with Gasteiger partial charge < -0.3 is 10.2 Å². The molecular formula is C15H19N5O. The highest BCUT2D eigenvalue weighted by Gasteiger charge is 2.23. The van der Waals surface area contributed by atoms with Gasteiger partial charge in [0.15, 0.2) is 5.69 Å². The van der Waals surface area contributed by atoms with E-state index in [2.05, 4.69) is 15.6 Å². The molecule has 0 unspecified atom stereocenters. The summed E-state index contributed by atoms with van der Waals surface area (Å²) < 4.78 is 1.77. The van der Waals surface area contributed by atoms with Gasteiger partial charge in [-0.25, -0.2) is 4.68 Å². The van der Waals surface area contributed by atoms with Gasteiger partial charge in [-0.05, 0) is 18.1 Å². The van der Waals surface area contributed by atoms with Gasteiger partial charge in [-0.3, -0.25) is 4.79 Å². The van der Waals surface area contributed by atoms with Gasteiger partial charge in [0.25, 0.3) is 5.91 Å². The van der Waals surface area contributed by atoms with Crippen molar-refractivity contribution in [1.82, 2.24) is 25.2 Å². The molecule has 0 spiro atoms. The van der Waals surface area contributed by atoms with Crippen LogP contribution in [0.5, 0.6) is 0 Å². The quantitative estimate of drug-likeness (QED) is 0.910. The first kappa shape index (κ1) is 13.8. The number of aromatic nitrogens is 3. The number of rotatable bonds is 4. The van der Waals surface area contributed by atoms with Crippen LogP contribution in [0.15, 0.2) is 30.5 Å². The highest BCUT2D eigenvalue weighted by atomic mass is 16.2. The molecule has 0 saturated carbocycles. The lowest BCUT2D eigenvalue weighted by Crippen LogP contribution is -2.43. The molecule has 0 radical (unpaired) electrons. The predicted molar refractivity (Wildman–Crippen MR) is 78.9 cm³/mol. The Balaban J connectivity index is 1.69. The minimum absolute atomic E-state index is 0.100. The first-order valence-corrected chi connectivity index (χ1v) is 7.07. The van der Waals surface area contributed by atoms with Crippen molar-refractivity contribution in [3.8, 4) is 0 Å². The van der Waals surface area contributed by atoms with E-state index in [1.165, 1.54) is 5.56 Å². The molecule has 6 nitrogen and oxygen atoms in total. The third kappa shape index (κ3) is 2.80. The number of hydrogen-bond donors (Lipinski definition) is 1. The van der Waals surface area contributed by atoms with Crippen LogP contribution in [0.2, 0.25) is 0 Å². The van der Waals surface area contributed by atoms with Crippen molar-refractivity contribution < 1.29 is 4.79 Å². The lowest BCUT2D eigenvalue weighted by atomic mass is 10.1. The number of amides is 1. The van der Waals surface area contributed by atoms with Gasteiger partial charge in [-0.1, -0.05) is 29.5 Å². The van der Waals surface area contributed by atoms with E-state index >= 15 is 0 Å². The Kier molecular flexibility index (Phi) is 3.70. The van der Waals surface area contributed by atoms with E-state index in [0.717, 1.165) is 18.7 Å². The van der Waals surface area contributed by atoms with Crippen LogP contribution < -0.4 is 5.32 Å². The Labute approximate surface area is 123 Å². The molecule has 2 aromatic rings. The third-order valence-corrected chi connectivity index (χ3v) is 3.88. The number of nitrogens with zero attached hydrogens (tertiary/aromatic N) is 4. The van der Waals surface area contributed by atoms with Crippen molar-refractivity contribution in [2.24, 2.45) is 0 Å². The highest BCUT2D eigenvalue weighted by Crippen LogP contribution is 2.13. The summed E-state index contributed by atoms with van der Waals surface area (Å²) in [5.41, 5.74) is 2.73. The number of carbonyl (C=O) groups excluding carboxylic acids is 1. The van der Waals surface area contributed by atoms with Crippen LogP contribution in [0.25, 0.3) is 0 Å². The summed E-state index contributed by atoms with van der Waals surface area (Å²) in [5, 5.41) is 11.2. The molecule has 1 saturated heterocycles. The maximum atomic E-state index is 12.4. The van der Waals surface area contributed by atoms with Crippen molar-refractivity contribution in [1.29, 1.82) is 0 Å². The third-order valence-electron chi connectivity index (χ3n) is 3.88. The monoisotopic (exact) mass is 285 g/mol. The summed E-state index contributed by atoms with van der Waals surface area (Å²) in [4.78, 5) is 14.1. The van der Waals surface area contributed by atoms with Crippen LogP contribution in [-0.4, -0.2) is 45.9 Å². The largest absolute Gasteiger partial charge is 0.336 e. The first-order chi connectivity index (χ1) is 10.1. The lowest BCUT2D eigenvalue weighted by Gasteiger charge is -2.26. The smallest absolute Gasteiger partial charge is 0.276 e. The summed E-state index contributed by atoms with van der Waals surface area (Å²) in [6, 6.07) is 8.39. The van der Waals surface area contributed by atoms with E-state index in [9.17, 15) is 4.79 Å². The second-order valence-electron chi connectivity index (χ2n) is 5.48. The van der Waals surface area contributed by atoms with Gasteiger partial charge in [0.2, 0.25) is 0 Å². The fourth-order valence-corrected chi connectivity index (χ4v) is 2.32. The zero-order valence-electron chi connectivity index (χ0n) is 12.3. The molecule has 0 atom stereocenters. The van der Waals surface area contributed by atoms with E-state index < -0.39 is 0 Å². The summed E-state index contributed by atoms with van der Waals surface area (Å²) in [7, 11) is 1.79. The first-order valence-electron chi connectivity index (χ1n) is 7.07. The number of benzene rings is 1. The molecule has 2 heterocycles. The summed E-state index contributed by atoms with van der Waals surface area (Å²) in [6.07, 6.45) is 1.74. The van der Waals surface area contributed by atoms with E-state index in [0.29, 0.717) is 18.3 Å². The zero-order chi connectivity index (χ0) is 14.8. The van der Waals surface area contributed by atoms with Crippen LogP contribution in [-0.2, 0) is 6.54 Å². The number of carbonyl (C=O) groups is 1. The molecule has 1 amide bonds. The summed E-state index contributed by atoms with van der Waals surface area (Å²) >= 11 is 0. The average Bonchev–Trinajstić information content (AvgIpc) is 2.87. The second kappa shape index (κ2) is 5.65. The minimum atomic E-state index is -0.100. The minimum Gasteiger partial charge on any atom is -0.336 e. The normalized spacial score (nSPS) is 14.8. The van der Waals surface area contributed by atoms with Gasteiger partial charge >= 0.3 is 0 Å². The van der Waals surface area contributed by atoms with Gasteiger partial charge in [0, 0.05) is 26.7 Å². The van der Waals surface area contributed by atoms with Crippen LogP contribution in [0.1, 0.15) is 27.7 Å². The molecule has 0 bridgehead atoms. The maximum Gasteiger partial charge on any atom is 0.276 e.